The lowest BCUT2D eigenvalue weighted by Crippen LogP contribution is -2.28. The summed E-state index contributed by atoms with van der Waals surface area (Å²) in [6.07, 6.45) is -0.202. The van der Waals surface area contributed by atoms with E-state index in [0.717, 1.165) is 12.1 Å². The van der Waals surface area contributed by atoms with Crippen LogP contribution in [0.15, 0.2) is 0 Å². The molecule has 1 saturated heterocycles. The van der Waals surface area contributed by atoms with Crippen LogP contribution >= 0.6 is 0 Å². The van der Waals surface area contributed by atoms with Crippen molar-refractivity contribution in [1.29, 1.82) is 0 Å². The Morgan fingerprint density at radius 1 is 1.44 bits per heavy atom. The summed E-state index contributed by atoms with van der Waals surface area (Å²) in [5, 5.41) is 9.24. The summed E-state index contributed by atoms with van der Waals surface area (Å²) in [6, 6.07) is 2.16. The van der Waals surface area contributed by atoms with E-state index in [4.69, 9.17) is 5.73 Å². The summed E-state index contributed by atoms with van der Waals surface area (Å²) >= 11 is 0. The zero-order valence-electron chi connectivity index (χ0n) is 6.09. The third kappa shape index (κ3) is 1.53. The Morgan fingerprint density at radius 3 is 2.11 bits per heavy atom. The molecule has 2 nitrogen and oxygen atoms in total. The predicted octanol–water partition coefficient (Wildman–Crippen LogP) is 0.397. The van der Waals surface area contributed by atoms with Crippen LogP contribution in [0.25, 0.3) is 0 Å². The van der Waals surface area contributed by atoms with Gasteiger partial charge in [0.25, 0.3) is 0 Å². The van der Waals surface area contributed by atoms with Crippen LogP contribution in [-0.2, 0) is 0 Å². The highest BCUT2D eigenvalue weighted by Gasteiger charge is 2.37. The molecule has 2 atom stereocenters. The van der Waals surface area contributed by atoms with Crippen LogP contribution in [0.4, 0.5) is 0 Å². The van der Waals surface area contributed by atoms with Crippen LogP contribution in [0.3, 0.4) is 0 Å². The first-order valence-corrected chi connectivity index (χ1v) is 6.86. The van der Waals surface area contributed by atoms with Crippen LogP contribution in [0.2, 0.25) is 25.2 Å². The average molecular weight is 145 g/mol. The maximum atomic E-state index is 9.24. The predicted molar refractivity (Wildman–Crippen MR) is 41.1 cm³/mol. The van der Waals surface area contributed by atoms with Gasteiger partial charge < -0.3 is 10.8 Å². The molecule has 0 bridgehead atoms. The van der Waals surface area contributed by atoms with E-state index in [2.05, 4.69) is 13.1 Å². The van der Waals surface area contributed by atoms with Crippen LogP contribution in [0.5, 0.6) is 0 Å². The Bertz CT molecular complexity index is 104. The van der Waals surface area contributed by atoms with Gasteiger partial charge in [0.05, 0.1) is 14.2 Å². The van der Waals surface area contributed by atoms with Crippen LogP contribution in [0, 0.1) is 0 Å². The number of hydrogen-bond donors (Lipinski definition) is 2. The quantitative estimate of drug-likeness (QED) is 0.485. The number of nitrogens with two attached hydrogens (primary N) is 1. The largest absolute Gasteiger partial charge is 0.392 e. The summed E-state index contributed by atoms with van der Waals surface area (Å²) in [6.45, 7) is 4.56. The van der Waals surface area contributed by atoms with Gasteiger partial charge in [-0.1, -0.05) is 13.1 Å². The minimum Gasteiger partial charge on any atom is -0.392 e. The second-order valence-electron chi connectivity index (χ2n) is 3.80. The zero-order valence-corrected chi connectivity index (χ0v) is 7.09. The van der Waals surface area contributed by atoms with Crippen LogP contribution in [0.1, 0.15) is 0 Å². The Hall–Kier alpha value is 0.137. The Labute approximate surface area is 57.1 Å². The first kappa shape index (κ1) is 7.25. The highest BCUT2D eigenvalue weighted by molar-refractivity contribution is 6.78. The molecule has 0 aromatic carbocycles. The molecule has 0 unspecified atom stereocenters. The smallest absolute Gasteiger partial charge is 0.0665 e. The van der Waals surface area contributed by atoms with Crippen molar-refractivity contribution in [3.63, 3.8) is 0 Å². The highest BCUT2D eigenvalue weighted by Crippen LogP contribution is 2.28. The molecule has 1 rings (SSSR count). The summed E-state index contributed by atoms with van der Waals surface area (Å²) in [7, 11) is -1.04. The van der Waals surface area contributed by atoms with Crippen molar-refractivity contribution in [3.8, 4) is 0 Å². The van der Waals surface area contributed by atoms with E-state index in [9.17, 15) is 5.11 Å². The lowest BCUT2D eigenvalue weighted by molar-refractivity contribution is 0.180. The van der Waals surface area contributed by atoms with Crippen molar-refractivity contribution in [2.24, 2.45) is 5.73 Å². The molecule has 9 heavy (non-hydrogen) atoms. The molecule has 0 radical (unpaired) electrons. The first-order chi connectivity index (χ1) is 4.01. The Kier molecular flexibility index (Phi) is 1.67. The fraction of sp³-hybridized carbons (Fsp3) is 1.00. The van der Waals surface area contributed by atoms with Crippen molar-refractivity contribution in [2.45, 2.75) is 37.3 Å². The maximum Gasteiger partial charge on any atom is 0.0665 e. The van der Waals surface area contributed by atoms with Crippen molar-refractivity contribution in [1.82, 2.24) is 0 Å². The lowest BCUT2D eigenvalue weighted by atomic mass is 10.2. The fourth-order valence-corrected chi connectivity index (χ4v) is 4.72. The third-order valence-corrected chi connectivity index (χ3v) is 5.14. The summed E-state index contributed by atoms with van der Waals surface area (Å²) in [5.74, 6) is 0. The number of aliphatic hydroxyl groups excluding tert-OH is 1. The second kappa shape index (κ2) is 2.07. The van der Waals surface area contributed by atoms with Gasteiger partial charge in [-0.15, -0.1) is 0 Å². The van der Waals surface area contributed by atoms with Gasteiger partial charge in [-0.3, -0.25) is 0 Å². The lowest BCUT2D eigenvalue weighted by Gasteiger charge is -2.11. The Balaban J connectivity index is 2.54. The van der Waals surface area contributed by atoms with E-state index in [1.54, 1.807) is 0 Å². The fourth-order valence-electron chi connectivity index (χ4n) is 1.57. The standard InChI is InChI=1S/C6H15NOSi/c1-9(2)3-5(7)6(8)4-9/h5-6,8H,3-4,7H2,1-2H3/t5-,6-/m0/s1. The molecule has 1 aliphatic heterocycles. The van der Waals surface area contributed by atoms with E-state index >= 15 is 0 Å². The minimum atomic E-state index is -1.04. The van der Waals surface area contributed by atoms with Gasteiger partial charge in [-0.05, 0) is 12.1 Å². The second-order valence-corrected chi connectivity index (χ2v) is 8.95. The van der Waals surface area contributed by atoms with Crippen molar-refractivity contribution < 1.29 is 5.11 Å². The van der Waals surface area contributed by atoms with Gasteiger partial charge in [0, 0.05) is 6.04 Å². The molecule has 1 heterocycles. The Morgan fingerprint density at radius 2 is 2.00 bits per heavy atom. The molecule has 0 saturated carbocycles. The molecule has 1 fully saturated rings. The third-order valence-electron chi connectivity index (χ3n) is 2.04. The molecule has 0 amide bonds. The maximum absolute atomic E-state index is 9.24. The molecular formula is C6H15NOSi. The summed E-state index contributed by atoms with van der Waals surface area (Å²) in [4.78, 5) is 0. The monoisotopic (exact) mass is 145 g/mol. The van der Waals surface area contributed by atoms with Gasteiger partial charge in [0.1, 0.15) is 0 Å². The van der Waals surface area contributed by atoms with Crippen molar-refractivity contribution in [2.75, 3.05) is 0 Å². The molecule has 54 valence electrons. The number of rotatable bonds is 0. The molecule has 0 spiro atoms. The normalized spacial score (nSPS) is 41.3. The SMILES string of the molecule is C[Si]1(C)C[C@H](N)[C@@H](O)C1. The van der Waals surface area contributed by atoms with E-state index in [0.29, 0.717) is 0 Å². The van der Waals surface area contributed by atoms with Crippen LogP contribution in [-0.4, -0.2) is 25.3 Å². The summed E-state index contributed by atoms with van der Waals surface area (Å²) < 4.78 is 0. The minimum absolute atomic E-state index is 0.0756. The van der Waals surface area contributed by atoms with Gasteiger partial charge in [-0.25, -0.2) is 0 Å². The van der Waals surface area contributed by atoms with Crippen LogP contribution < -0.4 is 5.73 Å². The molecule has 0 aromatic heterocycles. The number of hydrogen-bond acceptors (Lipinski definition) is 2. The average Bonchev–Trinajstić information content (AvgIpc) is 1.79. The molecule has 1 aliphatic rings. The summed E-state index contributed by atoms with van der Waals surface area (Å²) in [5.41, 5.74) is 5.64. The van der Waals surface area contributed by atoms with Gasteiger partial charge in [-0.2, -0.15) is 0 Å². The van der Waals surface area contributed by atoms with E-state index in [-0.39, 0.29) is 12.1 Å². The van der Waals surface area contributed by atoms with E-state index < -0.39 is 8.07 Å². The van der Waals surface area contributed by atoms with E-state index in [1.807, 2.05) is 0 Å². The van der Waals surface area contributed by atoms with Gasteiger partial charge in [0.15, 0.2) is 0 Å². The first-order valence-electron chi connectivity index (χ1n) is 3.45. The highest BCUT2D eigenvalue weighted by atomic mass is 28.3. The van der Waals surface area contributed by atoms with Crippen molar-refractivity contribution in [3.05, 3.63) is 0 Å². The molecule has 3 heteroatoms. The van der Waals surface area contributed by atoms with Gasteiger partial charge in [0.2, 0.25) is 0 Å². The van der Waals surface area contributed by atoms with Crippen molar-refractivity contribution >= 4 is 8.07 Å². The zero-order chi connectivity index (χ0) is 7.07. The molecule has 0 aromatic rings. The van der Waals surface area contributed by atoms with E-state index in [1.165, 1.54) is 0 Å². The molecule has 0 aliphatic carbocycles. The van der Waals surface area contributed by atoms with Gasteiger partial charge >= 0.3 is 0 Å². The molecular weight excluding hydrogens is 130 g/mol. The topological polar surface area (TPSA) is 46.2 Å². The molecule has 3 N–H and O–H groups in total. The number of aliphatic hydroxyl groups is 1.